The van der Waals surface area contributed by atoms with Gasteiger partial charge in [0, 0.05) is 0 Å². The Kier molecular flexibility index (Phi) is 6.01. The zero-order valence-electron chi connectivity index (χ0n) is 24.9. The lowest BCUT2D eigenvalue weighted by Crippen LogP contribution is -2.06. The van der Waals surface area contributed by atoms with Gasteiger partial charge < -0.3 is 0 Å². The maximum Gasteiger partial charge on any atom is -0.00199 e. The van der Waals surface area contributed by atoms with Crippen molar-refractivity contribution in [3.05, 3.63) is 145 Å². The summed E-state index contributed by atoms with van der Waals surface area (Å²) in [6, 6.07) is 52.3. The maximum absolute atomic E-state index is 2.57. The molecule has 8 aromatic carbocycles. The van der Waals surface area contributed by atoms with E-state index in [1.165, 1.54) is 108 Å². The summed E-state index contributed by atoms with van der Waals surface area (Å²) in [7, 11) is 0. The van der Waals surface area contributed by atoms with Crippen LogP contribution in [0.4, 0.5) is 0 Å². The standard InChI is InChI=1S/C44H34/c1-3-15-29(16-4-1)42-32-20-8-7-19-31(32)27-39-33-21-9-10-22-34(33)40(28-41(39)42)44-37-25-13-11-23-35(37)43(30-17-5-2-6-18-30)36-24-12-14-26-38(36)44/h2,5-14,17-29H,1,3-4,15-16H2. The van der Waals surface area contributed by atoms with Gasteiger partial charge in [-0.1, -0.05) is 147 Å². The van der Waals surface area contributed by atoms with Gasteiger partial charge in [0.05, 0.1) is 0 Å². The van der Waals surface area contributed by atoms with Gasteiger partial charge in [0.2, 0.25) is 0 Å². The van der Waals surface area contributed by atoms with Gasteiger partial charge >= 0.3 is 0 Å². The molecule has 0 heteroatoms. The van der Waals surface area contributed by atoms with E-state index in [-0.39, 0.29) is 0 Å². The molecule has 1 aliphatic carbocycles. The van der Waals surface area contributed by atoms with Crippen LogP contribution in [-0.4, -0.2) is 0 Å². The fourth-order valence-corrected chi connectivity index (χ4v) is 8.32. The largest absolute Gasteiger partial charge is 0.0622 e. The Labute approximate surface area is 258 Å². The van der Waals surface area contributed by atoms with E-state index >= 15 is 0 Å². The third-order valence-electron chi connectivity index (χ3n) is 10.2. The van der Waals surface area contributed by atoms with Crippen LogP contribution in [0.15, 0.2) is 140 Å². The second-order valence-electron chi connectivity index (χ2n) is 12.6. The average Bonchev–Trinajstić information content (AvgIpc) is 3.10. The topological polar surface area (TPSA) is 0 Å². The van der Waals surface area contributed by atoms with Crippen molar-refractivity contribution in [2.24, 2.45) is 0 Å². The van der Waals surface area contributed by atoms with Gasteiger partial charge in [-0.15, -0.1) is 0 Å². The van der Waals surface area contributed by atoms with Gasteiger partial charge in [0.15, 0.2) is 0 Å². The van der Waals surface area contributed by atoms with E-state index in [1.807, 2.05) is 0 Å². The minimum Gasteiger partial charge on any atom is -0.0622 e. The predicted octanol–water partition coefficient (Wildman–Crippen LogP) is 12.8. The van der Waals surface area contributed by atoms with Crippen molar-refractivity contribution < 1.29 is 0 Å². The number of hydrogen-bond acceptors (Lipinski definition) is 0. The molecule has 0 nitrogen and oxygen atoms in total. The second-order valence-corrected chi connectivity index (χ2v) is 12.6. The lowest BCUT2D eigenvalue weighted by Gasteiger charge is -2.26. The summed E-state index contributed by atoms with van der Waals surface area (Å²) < 4.78 is 0. The molecule has 0 radical (unpaired) electrons. The SMILES string of the molecule is c1ccc(-c2c3ccccc3c(-c3cc4c(C5CCCCC5)c5ccccc5cc4c4ccccc34)c3ccccc23)cc1. The van der Waals surface area contributed by atoms with E-state index < -0.39 is 0 Å². The summed E-state index contributed by atoms with van der Waals surface area (Å²) in [6.07, 6.45) is 6.57. The molecule has 0 unspecified atom stereocenters. The fourth-order valence-electron chi connectivity index (χ4n) is 8.32. The van der Waals surface area contributed by atoms with Crippen LogP contribution < -0.4 is 0 Å². The third kappa shape index (κ3) is 3.91. The van der Waals surface area contributed by atoms with Gasteiger partial charge in [-0.05, 0) is 113 Å². The van der Waals surface area contributed by atoms with Crippen LogP contribution >= 0.6 is 0 Å². The minimum absolute atomic E-state index is 0.598. The first-order valence-corrected chi connectivity index (χ1v) is 16.2. The molecule has 0 spiro atoms. The van der Waals surface area contributed by atoms with Crippen molar-refractivity contribution in [2.45, 2.75) is 38.0 Å². The molecule has 0 bridgehead atoms. The van der Waals surface area contributed by atoms with E-state index in [0.29, 0.717) is 5.92 Å². The molecule has 0 saturated heterocycles. The van der Waals surface area contributed by atoms with E-state index in [0.717, 1.165) is 0 Å². The molecule has 9 rings (SSSR count). The van der Waals surface area contributed by atoms with Crippen LogP contribution in [0.1, 0.15) is 43.6 Å². The molecule has 1 aliphatic rings. The van der Waals surface area contributed by atoms with E-state index in [4.69, 9.17) is 0 Å². The van der Waals surface area contributed by atoms with E-state index in [2.05, 4.69) is 140 Å². The van der Waals surface area contributed by atoms with Gasteiger partial charge in [-0.3, -0.25) is 0 Å². The summed E-state index contributed by atoms with van der Waals surface area (Å²) in [5.41, 5.74) is 6.84. The van der Waals surface area contributed by atoms with Crippen molar-refractivity contribution in [1.82, 2.24) is 0 Å². The Bertz CT molecular complexity index is 2300. The molecule has 1 saturated carbocycles. The summed E-state index contributed by atoms with van der Waals surface area (Å²) >= 11 is 0. The molecule has 0 heterocycles. The quantitative estimate of drug-likeness (QED) is 0.148. The molecule has 210 valence electrons. The van der Waals surface area contributed by atoms with Gasteiger partial charge in [0.1, 0.15) is 0 Å². The lowest BCUT2D eigenvalue weighted by atomic mass is 9.78. The maximum atomic E-state index is 2.57. The number of rotatable bonds is 3. The zero-order valence-corrected chi connectivity index (χ0v) is 24.9. The smallest absolute Gasteiger partial charge is 0.00199 e. The summed E-state index contributed by atoms with van der Waals surface area (Å²) in [5.74, 6) is 0.598. The molecule has 0 amide bonds. The van der Waals surface area contributed by atoms with Crippen LogP contribution in [0.3, 0.4) is 0 Å². The number of fused-ring (bicyclic) bond motifs is 6. The first kappa shape index (κ1) is 25.5. The Balaban J connectivity index is 1.47. The van der Waals surface area contributed by atoms with Crippen LogP contribution in [0.2, 0.25) is 0 Å². The highest BCUT2D eigenvalue weighted by Gasteiger charge is 2.24. The second kappa shape index (κ2) is 10.4. The highest BCUT2D eigenvalue weighted by Crippen LogP contribution is 2.49. The Morgan fingerprint density at radius 2 is 0.886 bits per heavy atom. The van der Waals surface area contributed by atoms with E-state index in [1.54, 1.807) is 5.56 Å². The zero-order chi connectivity index (χ0) is 29.0. The molecule has 0 atom stereocenters. The molecule has 0 N–H and O–H groups in total. The van der Waals surface area contributed by atoms with Gasteiger partial charge in [-0.2, -0.15) is 0 Å². The Morgan fingerprint density at radius 3 is 1.55 bits per heavy atom. The Morgan fingerprint density at radius 1 is 0.364 bits per heavy atom. The van der Waals surface area contributed by atoms with Crippen molar-refractivity contribution in [3.8, 4) is 22.3 Å². The van der Waals surface area contributed by atoms with Crippen LogP contribution in [-0.2, 0) is 0 Å². The molecule has 1 fully saturated rings. The highest BCUT2D eigenvalue weighted by molar-refractivity contribution is 6.26. The van der Waals surface area contributed by atoms with Crippen LogP contribution in [0.25, 0.3) is 76.1 Å². The lowest BCUT2D eigenvalue weighted by molar-refractivity contribution is 0.447. The number of hydrogen-bond donors (Lipinski definition) is 0. The average molecular weight is 563 g/mol. The van der Waals surface area contributed by atoms with E-state index in [9.17, 15) is 0 Å². The number of benzene rings is 8. The van der Waals surface area contributed by atoms with Gasteiger partial charge in [0.25, 0.3) is 0 Å². The first-order valence-electron chi connectivity index (χ1n) is 16.2. The Hall–Kier alpha value is -4.94. The minimum atomic E-state index is 0.598. The first-order chi connectivity index (χ1) is 21.9. The molecule has 0 aliphatic heterocycles. The summed E-state index contributed by atoms with van der Waals surface area (Å²) in [6.45, 7) is 0. The summed E-state index contributed by atoms with van der Waals surface area (Å²) in [4.78, 5) is 0. The van der Waals surface area contributed by atoms with Crippen LogP contribution in [0, 0.1) is 0 Å². The molecular weight excluding hydrogens is 528 g/mol. The third-order valence-corrected chi connectivity index (χ3v) is 10.2. The van der Waals surface area contributed by atoms with Crippen molar-refractivity contribution in [2.75, 3.05) is 0 Å². The predicted molar refractivity (Wildman–Crippen MR) is 191 cm³/mol. The van der Waals surface area contributed by atoms with Gasteiger partial charge in [-0.25, -0.2) is 0 Å². The van der Waals surface area contributed by atoms with Crippen molar-refractivity contribution in [1.29, 1.82) is 0 Å². The fraction of sp³-hybridized carbons (Fsp3) is 0.136. The molecule has 44 heavy (non-hydrogen) atoms. The molecule has 0 aromatic heterocycles. The van der Waals surface area contributed by atoms with Crippen molar-refractivity contribution in [3.63, 3.8) is 0 Å². The highest BCUT2D eigenvalue weighted by atomic mass is 14.3. The normalized spacial score (nSPS) is 14.3. The molecule has 8 aromatic rings. The van der Waals surface area contributed by atoms with Crippen molar-refractivity contribution >= 4 is 53.9 Å². The monoisotopic (exact) mass is 562 g/mol. The van der Waals surface area contributed by atoms with Crippen LogP contribution in [0.5, 0.6) is 0 Å². The molecular formula is C44H34. The summed E-state index contributed by atoms with van der Waals surface area (Å²) in [5, 5.41) is 13.5.